The Morgan fingerprint density at radius 1 is 1.03 bits per heavy atom. The summed E-state index contributed by atoms with van der Waals surface area (Å²) in [4.78, 5) is 61.0. The molecule has 1 aromatic heterocycles. The maximum Gasteiger partial charge on any atom is 0.241 e. The molecule has 0 aromatic carbocycles. The number of likely N-dealkylation sites (N-methyl/N-ethyl adjacent to an activating group) is 2. The van der Waals surface area contributed by atoms with Gasteiger partial charge in [-0.2, -0.15) is 0 Å². The maximum atomic E-state index is 13.1. The first-order chi connectivity index (χ1) is 13.7. The molecule has 0 atom stereocenters. The Bertz CT molecular complexity index is 900. The Kier molecular flexibility index (Phi) is 5.78. The molecule has 2 aliphatic rings. The number of hydrogen-bond donors (Lipinski definition) is 0. The molecule has 1 aliphatic heterocycles. The molecule has 9 nitrogen and oxygen atoms in total. The molecule has 29 heavy (non-hydrogen) atoms. The zero-order valence-corrected chi connectivity index (χ0v) is 17.1. The van der Waals surface area contributed by atoms with E-state index in [0.717, 1.165) is 0 Å². The van der Waals surface area contributed by atoms with Gasteiger partial charge in [0.2, 0.25) is 23.4 Å². The lowest BCUT2D eigenvalue weighted by Gasteiger charge is -2.35. The third-order valence-electron chi connectivity index (χ3n) is 5.26. The molecule has 0 radical (unpaired) electrons. The monoisotopic (exact) mass is 399 g/mol. The highest BCUT2D eigenvalue weighted by molar-refractivity contribution is 6.26. The standard InChI is InChI=1S/C20H25N5O4/c1-13(26)25-10-8-24(9-11-25)12-15(27)23(4)18-17(22(2)3)20(29)16-14(19(18)28)6-5-7-21-16/h5-7H,8-12H2,1-4H3. The van der Waals surface area contributed by atoms with Gasteiger partial charge >= 0.3 is 0 Å². The number of carbonyl (C=O) groups excluding carboxylic acids is 4. The second-order valence-electron chi connectivity index (χ2n) is 7.38. The fourth-order valence-corrected chi connectivity index (χ4v) is 3.59. The number of ketones is 2. The topological polar surface area (TPSA) is 94.1 Å². The van der Waals surface area contributed by atoms with Crippen LogP contribution in [0.15, 0.2) is 29.7 Å². The highest BCUT2D eigenvalue weighted by Gasteiger charge is 2.38. The number of fused-ring (bicyclic) bond motifs is 1. The molecule has 0 spiro atoms. The van der Waals surface area contributed by atoms with Gasteiger partial charge in [0.25, 0.3) is 0 Å². The predicted octanol–water partition coefficient (Wildman–Crippen LogP) is -0.144. The van der Waals surface area contributed by atoms with Gasteiger partial charge in [-0.05, 0) is 12.1 Å². The van der Waals surface area contributed by atoms with Crippen molar-refractivity contribution >= 4 is 23.4 Å². The van der Waals surface area contributed by atoms with Crippen LogP contribution in [0.25, 0.3) is 0 Å². The summed E-state index contributed by atoms with van der Waals surface area (Å²) in [5, 5.41) is 0. The van der Waals surface area contributed by atoms with E-state index in [2.05, 4.69) is 4.98 Å². The third-order valence-corrected chi connectivity index (χ3v) is 5.26. The van der Waals surface area contributed by atoms with Gasteiger partial charge in [-0.1, -0.05) is 0 Å². The summed E-state index contributed by atoms with van der Waals surface area (Å²) in [5.74, 6) is -1.04. The molecule has 0 N–H and O–H groups in total. The third kappa shape index (κ3) is 3.91. The normalized spacial score (nSPS) is 17.3. The number of Topliss-reactive ketones (excluding diaryl/α,β-unsaturated/α-hetero) is 2. The quantitative estimate of drug-likeness (QED) is 0.695. The van der Waals surface area contributed by atoms with Gasteiger partial charge in [-0.15, -0.1) is 0 Å². The van der Waals surface area contributed by atoms with Crippen molar-refractivity contribution in [3.63, 3.8) is 0 Å². The first kappa shape index (κ1) is 20.7. The summed E-state index contributed by atoms with van der Waals surface area (Å²) in [6, 6.07) is 3.15. The van der Waals surface area contributed by atoms with Gasteiger partial charge in [0.15, 0.2) is 0 Å². The first-order valence-electron chi connectivity index (χ1n) is 9.42. The van der Waals surface area contributed by atoms with Crippen LogP contribution < -0.4 is 0 Å². The minimum absolute atomic E-state index is 0.0208. The Balaban J connectivity index is 1.83. The molecule has 0 bridgehead atoms. The minimum Gasteiger partial charge on any atom is -0.373 e. The van der Waals surface area contributed by atoms with E-state index in [0.29, 0.717) is 26.2 Å². The zero-order chi connectivity index (χ0) is 21.3. The number of rotatable bonds is 4. The van der Waals surface area contributed by atoms with Crippen molar-refractivity contribution in [2.75, 3.05) is 53.9 Å². The lowest BCUT2D eigenvalue weighted by molar-refractivity contribution is -0.132. The Hall–Kier alpha value is -3.07. The summed E-state index contributed by atoms with van der Waals surface area (Å²) in [7, 11) is 4.83. The van der Waals surface area contributed by atoms with Crippen LogP contribution in [0.5, 0.6) is 0 Å². The average molecular weight is 399 g/mol. The zero-order valence-electron chi connectivity index (χ0n) is 17.1. The summed E-state index contributed by atoms with van der Waals surface area (Å²) in [5.41, 5.74) is 0.519. The second-order valence-corrected chi connectivity index (χ2v) is 7.38. The molecule has 1 fully saturated rings. The van der Waals surface area contributed by atoms with Crippen LogP contribution in [0, 0.1) is 0 Å². The van der Waals surface area contributed by atoms with E-state index < -0.39 is 5.78 Å². The molecule has 2 heterocycles. The van der Waals surface area contributed by atoms with Crippen molar-refractivity contribution in [1.29, 1.82) is 0 Å². The molecule has 9 heteroatoms. The number of nitrogens with zero attached hydrogens (tertiary/aromatic N) is 5. The molecule has 0 unspecified atom stereocenters. The van der Waals surface area contributed by atoms with Gasteiger partial charge in [0.05, 0.1) is 12.1 Å². The van der Waals surface area contributed by atoms with Gasteiger partial charge < -0.3 is 14.7 Å². The number of amides is 2. The minimum atomic E-state index is -0.395. The molecule has 1 aliphatic carbocycles. The highest BCUT2D eigenvalue weighted by Crippen LogP contribution is 2.27. The lowest BCUT2D eigenvalue weighted by Crippen LogP contribution is -2.51. The smallest absolute Gasteiger partial charge is 0.241 e. The van der Waals surface area contributed by atoms with E-state index in [1.165, 1.54) is 25.1 Å². The largest absolute Gasteiger partial charge is 0.373 e. The molecule has 0 saturated carbocycles. The maximum absolute atomic E-state index is 13.1. The molecule has 154 valence electrons. The van der Waals surface area contributed by atoms with Gasteiger partial charge in [0.1, 0.15) is 17.1 Å². The Morgan fingerprint density at radius 2 is 1.69 bits per heavy atom. The van der Waals surface area contributed by atoms with Crippen molar-refractivity contribution in [1.82, 2.24) is 24.6 Å². The Morgan fingerprint density at radius 3 is 2.28 bits per heavy atom. The lowest BCUT2D eigenvalue weighted by atomic mass is 9.93. The average Bonchev–Trinajstić information content (AvgIpc) is 2.70. The number of hydrogen-bond acceptors (Lipinski definition) is 7. The first-order valence-corrected chi connectivity index (χ1v) is 9.42. The Labute approximate surface area is 169 Å². The summed E-state index contributed by atoms with van der Waals surface area (Å²) < 4.78 is 0. The fourth-order valence-electron chi connectivity index (χ4n) is 3.59. The van der Waals surface area contributed by atoms with Crippen LogP contribution in [-0.2, 0) is 9.59 Å². The van der Waals surface area contributed by atoms with Crippen molar-refractivity contribution < 1.29 is 19.2 Å². The number of carbonyl (C=O) groups is 4. The van der Waals surface area contributed by atoms with Crippen LogP contribution in [0.1, 0.15) is 27.8 Å². The van der Waals surface area contributed by atoms with Gasteiger partial charge in [-0.3, -0.25) is 29.1 Å². The number of aromatic nitrogens is 1. The van der Waals surface area contributed by atoms with E-state index >= 15 is 0 Å². The van der Waals surface area contributed by atoms with E-state index in [1.54, 1.807) is 36.0 Å². The summed E-state index contributed by atoms with van der Waals surface area (Å²) >= 11 is 0. The number of piperazine rings is 1. The van der Waals surface area contributed by atoms with Crippen LogP contribution in [0.3, 0.4) is 0 Å². The molecule has 1 saturated heterocycles. The summed E-state index contributed by atoms with van der Waals surface area (Å²) in [6.07, 6.45) is 1.47. The molecular formula is C20H25N5O4. The van der Waals surface area contributed by atoms with Crippen LogP contribution >= 0.6 is 0 Å². The second kappa shape index (κ2) is 8.12. The van der Waals surface area contributed by atoms with E-state index in [9.17, 15) is 19.2 Å². The van der Waals surface area contributed by atoms with Crippen LogP contribution in [0.2, 0.25) is 0 Å². The predicted molar refractivity (Wildman–Crippen MR) is 105 cm³/mol. The molecule has 1 aromatic rings. The fraction of sp³-hybridized carbons (Fsp3) is 0.450. The van der Waals surface area contributed by atoms with Gasteiger partial charge in [0, 0.05) is 60.4 Å². The molecule has 3 rings (SSSR count). The van der Waals surface area contributed by atoms with Crippen molar-refractivity contribution in [2.24, 2.45) is 0 Å². The van der Waals surface area contributed by atoms with Gasteiger partial charge in [-0.25, -0.2) is 0 Å². The molecule has 2 amide bonds. The van der Waals surface area contributed by atoms with Crippen LogP contribution in [-0.4, -0.2) is 102 Å². The number of allylic oxidation sites excluding steroid dienone is 2. The SMILES string of the molecule is CC(=O)N1CCN(CC(=O)N(C)C2=C(N(C)C)C(=O)c3ncccc3C2=O)CC1. The van der Waals surface area contributed by atoms with Crippen molar-refractivity contribution in [3.8, 4) is 0 Å². The summed E-state index contributed by atoms with van der Waals surface area (Å²) in [6.45, 7) is 3.93. The van der Waals surface area contributed by atoms with E-state index in [-0.39, 0.29) is 46.8 Å². The van der Waals surface area contributed by atoms with E-state index in [4.69, 9.17) is 0 Å². The van der Waals surface area contributed by atoms with Crippen molar-refractivity contribution in [3.05, 3.63) is 41.0 Å². The highest BCUT2D eigenvalue weighted by atomic mass is 16.2. The molecular weight excluding hydrogens is 374 g/mol. The number of pyridine rings is 1. The van der Waals surface area contributed by atoms with E-state index in [1.807, 2.05) is 4.90 Å². The van der Waals surface area contributed by atoms with Crippen LogP contribution in [0.4, 0.5) is 0 Å². The van der Waals surface area contributed by atoms with Crippen molar-refractivity contribution in [2.45, 2.75) is 6.92 Å².